The highest BCUT2D eigenvalue weighted by molar-refractivity contribution is 5.68. The van der Waals surface area contributed by atoms with Crippen molar-refractivity contribution >= 4 is 11.8 Å². The van der Waals surface area contributed by atoms with E-state index in [1.165, 1.54) is 0 Å². The van der Waals surface area contributed by atoms with E-state index in [-0.39, 0.29) is 12.1 Å². The van der Waals surface area contributed by atoms with Gasteiger partial charge in [0.25, 0.3) is 0 Å². The summed E-state index contributed by atoms with van der Waals surface area (Å²) < 4.78 is 5.29. The van der Waals surface area contributed by atoms with E-state index in [4.69, 9.17) is 4.74 Å². The number of rotatable bonds is 2. The van der Waals surface area contributed by atoms with E-state index < -0.39 is 5.60 Å². The third-order valence-electron chi connectivity index (χ3n) is 3.48. The second-order valence-corrected chi connectivity index (χ2v) is 6.57. The smallest absolute Gasteiger partial charge is 0.407 e. The molecule has 2 heterocycles. The van der Waals surface area contributed by atoms with Crippen molar-refractivity contribution in [3.05, 3.63) is 24.0 Å². The quantitative estimate of drug-likeness (QED) is 0.910. The molecular formula is C16H25N3O2. The number of aromatic nitrogens is 1. The van der Waals surface area contributed by atoms with E-state index in [1.807, 2.05) is 40.0 Å². The molecule has 1 amide bonds. The maximum Gasteiger partial charge on any atom is 0.407 e. The molecule has 1 N–H and O–H groups in total. The number of hydrogen-bond acceptors (Lipinski definition) is 4. The Morgan fingerprint density at radius 1 is 1.33 bits per heavy atom. The number of pyridine rings is 1. The first-order valence-electron chi connectivity index (χ1n) is 7.50. The van der Waals surface area contributed by atoms with Gasteiger partial charge in [-0.25, -0.2) is 4.79 Å². The Bertz CT molecular complexity index is 471. The molecule has 0 aromatic carbocycles. The molecule has 21 heavy (non-hydrogen) atoms. The number of anilines is 1. The summed E-state index contributed by atoms with van der Waals surface area (Å²) in [6, 6.07) is 4.32. The van der Waals surface area contributed by atoms with Crippen molar-refractivity contribution in [3.63, 3.8) is 0 Å². The number of hydrogen-bond donors (Lipinski definition) is 1. The summed E-state index contributed by atoms with van der Waals surface area (Å²) >= 11 is 0. The number of nitrogens with zero attached hydrogens (tertiary/aromatic N) is 2. The van der Waals surface area contributed by atoms with Crippen LogP contribution >= 0.6 is 0 Å². The summed E-state index contributed by atoms with van der Waals surface area (Å²) in [6.45, 7) is 9.45. The average Bonchev–Trinajstić information content (AvgIpc) is 2.38. The standard InChI is InChI=1S/C16H25N3O2/c1-12-5-6-14(11-17-12)19-9-7-13(8-10-19)18-15(20)21-16(2,3)4/h5-6,11,13H,7-10H2,1-4H3,(H,18,20). The van der Waals surface area contributed by atoms with Gasteiger partial charge >= 0.3 is 6.09 Å². The van der Waals surface area contributed by atoms with Crippen molar-refractivity contribution in [2.24, 2.45) is 0 Å². The van der Waals surface area contributed by atoms with Gasteiger partial charge in [0, 0.05) is 24.8 Å². The highest BCUT2D eigenvalue weighted by Crippen LogP contribution is 2.19. The molecule has 0 atom stereocenters. The number of carbonyl (C=O) groups excluding carboxylic acids is 1. The zero-order chi connectivity index (χ0) is 15.5. The molecule has 0 saturated carbocycles. The van der Waals surface area contributed by atoms with Gasteiger partial charge in [-0.2, -0.15) is 0 Å². The van der Waals surface area contributed by atoms with Gasteiger partial charge in [0.15, 0.2) is 0 Å². The van der Waals surface area contributed by atoms with E-state index >= 15 is 0 Å². The fraction of sp³-hybridized carbons (Fsp3) is 0.625. The van der Waals surface area contributed by atoms with Gasteiger partial charge in [0.05, 0.1) is 11.9 Å². The van der Waals surface area contributed by atoms with Crippen LogP contribution in [0.5, 0.6) is 0 Å². The molecule has 0 radical (unpaired) electrons. The maximum atomic E-state index is 11.8. The summed E-state index contributed by atoms with van der Waals surface area (Å²) in [5, 5.41) is 2.95. The Hall–Kier alpha value is -1.78. The molecule has 5 nitrogen and oxygen atoms in total. The van der Waals surface area contributed by atoms with Gasteiger partial charge in [0.2, 0.25) is 0 Å². The van der Waals surface area contributed by atoms with Crippen LogP contribution in [-0.2, 0) is 4.74 Å². The second kappa shape index (κ2) is 6.33. The number of aryl methyl sites for hydroxylation is 1. The largest absolute Gasteiger partial charge is 0.444 e. The Labute approximate surface area is 126 Å². The topological polar surface area (TPSA) is 54.5 Å². The number of carbonyl (C=O) groups is 1. The lowest BCUT2D eigenvalue weighted by molar-refractivity contribution is 0.0497. The van der Waals surface area contributed by atoms with Crippen LogP contribution in [0.15, 0.2) is 18.3 Å². The number of alkyl carbamates (subject to hydrolysis) is 1. The van der Waals surface area contributed by atoms with E-state index in [1.54, 1.807) is 0 Å². The van der Waals surface area contributed by atoms with Crippen LogP contribution in [-0.4, -0.2) is 35.8 Å². The van der Waals surface area contributed by atoms with Gasteiger partial charge in [0.1, 0.15) is 5.60 Å². The van der Waals surface area contributed by atoms with Crippen LogP contribution in [0, 0.1) is 6.92 Å². The Balaban J connectivity index is 1.80. The molecule has 1 aromatic heterocycles. The third kappa shape index (κ3) is 4.92. The molecule has 1 fully saturated rings. The molecule has 0 aliphatic carbocycles. The van der Waals surface area contributed by atoms with Crippen molar-refractivity contribution in [1.82, 2.24) is 10.3 Å². The minimum atomic E-state index is -0.446. The van der Waals surface area contributed by atoms with Crippen LogP contribution in [0.1, 0.15) is 39.3 Å². The van der Waals surface area contributed by atoms with E-state index in [0.717, 1.165) is 37.3 Å². The van der Waals surface area contributed by atoms with Gasteiger partial charge in [-0.3, -0.25) is 4.98 Å². The number of nitrogens with one attached hydrogen (secondary N) is 1. The first-order valence-corrected chi connectivity index (χ1v) is 7.50. The Kier molecular flexibility index (Phi) is 4.70. The molecule has 0 bridgehead atoms. The van der Waals surface area contributed by atoms with Crippen molar-refractivity contribution in [2.75, 3.05) is 18.0 Å². The van der Waals surface area contributed by atoms with Crippen LogP contribution in [0.25, 0.3) is 0 Å². The average molecular weight is 291 g/mol. The number of amides is 1. The van der Waals surface area contributed by atoms with Crippen molar-refractivity contribution in [3.8, 4) is 0 Å². The van der Waals surface area contributed by atoms with Gasteiger partial charge in [-0.05, 0) is 52.7 Å². The van der Waals surface area contributed by atoms with Crippen LogP contribution in [0.4, 0.5) is 10.5 Å². The SMILES string of the molecule is Cc1ccc(N2CCC(NC(=O)OC(C)(C)C)CC2)cn1. The summed E-state index contributed by atoms with van der Waals surface area (Å²) in [5.74, 6) is 0. The number of piperidine rings is 1. The van der Waals surface area contributed by atoms with Crippen molar-refractivity contribution in [1.29, 1.82) is 0 Å². The highest BCUT2D eigenvalue weighted by Gasteiger charge is 2.23. The Morgan fingerprint density at radius 3 is 2.52 bits per heavy atom. The lowest BCUT2D eigenvalue weighted by atomic mass is 10.0. The predicted octanol–water partition coefficient (Wildman–Crippen LogP) is 2.88. The second-order valence-electron chi connectivity index (χ2n) is 6.57. The minimum Gasteiger partial charge on any atom is -0.444 e. The minimum absolute atomic E-state index is 0.189. The number of ether oxygens (including phenoxy) is 1. The fourth-order valence-electron chi connectivity index (χ4n) is 2.40. The van der Waals surface area contributed by atoms with Gasteiger partial charge in [-0.1, -0.05) is 0 Å². The molecular weight excluding hydrogens is 266 g/mol. The van der Waals surface area contributed by atoms with Crippen LogP contribution < -0.4 is 10.2 Å². The van der Waals surface area contributed by atoms with E-state index in [2.05, 4.69) is 21.3 Å². The van der Waals surface area contributed by atoms with Gasteiger partial charge < -0.3 is 15.0 Å². The molecule has 2 rings (SSSR count). The van der Waals surface area contributed by atoms with Gasteiger partial charge in [-0.15, -0.1) is 0 Å². The molecule has 0 unspecified atom stereocenters. The predicted molar refractivity (Wildman–Crippen MR) is 83.6 cm³/mol. The molecule has 1 aromatic rings. The fourth-order valence-corrected chi connectivity index (χ4v) is 2.40. The first kappa shape index (κ1) is 15.6. The van der Waals surface area contributed by atoms with Crippen LogP contribution in [0.2, 0.25) is 0 Å². The zero-order valence-corrected chi connectivity index (χ0v) is 13.3. The molecule has 5 heteroatoms. The summed E-state index contributed by atoms with van der Waals surface area (Å²) in [4.78, 5) is 18.4. The molecule has 1 aliphatic rings. The molecule has 1 aliphatic heterocycles. The maximum absolute atomic E-state index is 11.8. The highest BCUT2D eigenvalue weighted by atomic mass is 16.6. The third-order valence-corrected chi connectivity index (χ3v) is 3.48. The summed E-state index contributed by atoms with van der Waals surface area (Å²) in [7, 11) is 0. The summed E-state index contributed by atoms with van der Waals surface area (Å²) in [5.41, 5.74) is 1.73. The molecule has 0 spiro atoms. The summed E-state index contributed by atoms with van der Waals surface area (Å²) in [6.07, 6.45) is 3.44. The Morgan fingerprint density at radius 2 is 2.00 bits per heavy atom. The van der Waals surface area contributed by atoms with Crippen molar-refractivity contribution < 1.29 is 9.53 Å². The molecule has 1 saturated heterocycles. The van der Waals surface area contributed by atoms with Crippen molar-refractivity contribution in [2.45, 2.75) is 52.2 Å². The van der Waals surface area contributed by atoms with E-state index in [0.29, 0.717) is 0 Å². The van der Waals surface area contributed by atoms with E-state index in [9.17, 15) is 4.79 Å². The zero-order valence-electron chi connectivity index (χ0n) is 13.3. The molecule has 116 valence electrons. The lowest BCUT2D eigenvalue weighted by Crippen LogP contribution is -2.46. The first-order chi connectivity index (χ1) is 9.83. The monoisotopic (exact) mass is 291 g/mol. The normalized spacial score (nSPS) is 16.7. The lowest BCUT2D eigenvalue weighted by Gasteiger charge is -2.34. The van der Waals surface area contributed by atoms with Crippen LogP contribution in [0.3, 0.4) is 0 Å².